The number of methoxy groups -OCH3 is 1. The molecule has 1 aromatic heterocycles. The SMILES string of the molecule is COc1ccc(C(=O)N2CCc3nc(-c4ccc(Cl)cc4)nc(-c4ccccc4)c3C2)cc1. The topological polar surface area (TPSA) is 55.3 Å². The monoisotopic (exact) mass is 455 g/mol. The van der Waals surface area contributed by atoms with E-state index in [4.69, 9.17) is 26.3 Å². The van der Waals surface area contributed by atoms with E-state index < -0.39 is 0 Å². The van der Waals surface area contributed by atoms with Gasteiger partial charge in [0.15, 0.2) is 5.82 Å². The molecule has 1 aliphatic heterocycles. The van der Waals surface area contributed by atoms with Crippen molar-refractivity contribution < 1.29 is 9.53 Å². The third kappa shape index (κ3) is 4.32. The van der Waals surface area contributed by atoms with Gasteiger partial charge in [0.05, 0.1) is 18.5 Å². The summed E-state index contributed by atoms with van der Waals surface area (Å²) < 4.78 is 5.21. The van der Waals surface area contributed by atoms with Crippen LogP contribution in [-0.4, -0.2) is 34.4 Å². The van der Waals surface area contributed by atoms with Crippen molar-refractivity contribution in [2.24, 2.45) is 0 Å². The van der Waals surface area contributed by atoms with Crippen LogP contribution >= 0.6 is 11.6 Å². The minimum absolute atomic E-state index is 0.0101. The lowest BCUT2D eigenvalue weighted by Crippen LogP contribution is -2.37. The first-order valence-electron chi connectivity index (χ1n) is 10.8. The highest BCUT2D eigenvalue weighted by molar-refractivity contribution is 6.30. The van der Waals surface area contributed by atoms with Crippen molar-refractivity contribution in [1.29, 1.82) is 0 Å². The summed E-state index contributed by atoms with van der Waals surface area (Å²) >= 11 is 6.07. The van der Waals surface area contributed by atoms with E-state index in [9.17, 15) is 4.79 Å². The molecule has 0 aliphatic carbocycles. The Morgan fingerprint density at radius 2 is 1.64 bits per heavy atom. The van der Waals surface area contributed by atoms with E-state index in [-0.39, 0.29) is 5.91 Å². The Kier molecular flexibility index (Phi) is 5.80. The van der Waals surface area contributed by atoms with Crippen LogP contribution in [0.15, 0.2) is 78.9 Å². The van der Waals surface area contributed by atoms with E-state index in [1.807, 2.05) is 71.6 Å². The molecule has 2 heterocycles. The first-order chi connectivity index (χ1) is 16.1. The lowest BCUT2D eigenvalue weighted by atomic mass is 9.98. The maximum Gasteiger partial charge on any atom is 0.254 e. The number of ether oxygens (including phenoxy) is 1. The maximum atomic E-state index is 13.2. The van der Waals surface area contributed by atoms with Crippen LogP contribution in [-0.2, 0) is 13.0 Å². The fraction of sp³-hybridized carbons (Fsp3) is 0.148. The maximum absolute atomic E-state index is 13.2. The van der Waals surface area contributed by atoms with E-state index in [0.717, 1.165) is 33.8 Å². The second kappa shape index (κ2) is 9.04. The molecule has 0 unspecified atom stereocenters. The second-order valence-electron chi connectivity index (χ2n) is 7.90. The molecule has 164 valence electrons. The number of hydrogen-bond acceptors (Lipinski definition) is 4. The summed E-state index contributed by atoms with van der Waals surface area (Å²) in [6.07, 6.45) is 0.667. The van der Waals surface area contributed by atoms with Crippen molar-refractivity contribution in [3.05, 3.63) is 101 Å². The van der Waals surface area contributed by atoms with Gasteiger partial charge in [-0.3, -0.25) is 4.79 Å². The summed E-state index contributed by atoms with van der Waals surface area (Å²) in [5.41, 5.74) is 5.39. The molecule has 0 saturated heterocycles. The number of rotatable bonds is 4. The first kappa shape index (κ1) is 21.2. The quantitative estimate of drug-likeness (QED) is 0.397. The minimum Gasteiger partial charge on any atom is -0.497 e. The van der Waals surface area contributed by atoms with Crippen LogP contribution in [0.3, 0.4) is 0 Å². The summed E-state index contributed by atoms with van der Waals surface area (Å²) in [7, 11) is 1.61. The number of halogens is 1. The Labute approximate surface area is 197 Å². The largest absolute Gasteiger partial charge is 0.497 e. The van der Waals surface area contributed by atoms with Crippen molar-refractivity contribution in [3.8, 4) is 28.4 Å². The van der Waals surface area contributed by atoms with Crippen LogP contribution in [0.25, 0.3) is 22.6 Å². The number of nitrogens with zero attached hydrogens (tertiary/aromatic N) is 3. The number of aromatic nitrogens is 2. The van der Waals surface area contributed by atoms with Gasteiger partial charge in [0.25, 0.3) is 5.91 Å². The summed E-state index contributed by atoms with van der Waals surface area (Å²) in [5.74, 6) is 1.38. The van der Waals surface area contributed by atoms with Crippen molar-refractivity contribution >= 4 is 17.5 Å². The molecule has 0 N–H and O–H groups in total. The van der Waals surface area contributed by atoms with Gasteiger partial charge < -0.3 is 9.64 Å². The molecule has 0 radical (unpaired) electrons. The normalized spacial score (nSPS) is 12.8. The predicted molar refractivity (Wildman–Crippen MR) is 129 cm³/mol. The van der Waals surface area contributed by atoms with Gasteiger partial charge in [0.1, 0.15) is 5.75 Å². The third-order valence-electron chi connectivity index (χ3n) is 5.83. The number of carbonyl (C=O) groups excluding carboxylic acids is 1. The van der Waals surface area contributed by atoms with Crippen LogP contribution in [0.1, 0.15) is 21.6 Å². The molecule has 5 nitrogen and oxygen atoms in total. The molecule has 0 atom stereocenters. The number of fused-ring (bicyclic) bond motifs is 1. The molecule has 0 bridgehead atoms. The highest BCUT2D eigenvalue weighted by Gasteiger charge is 2.27. The molecule has 5 rings (SSSR count). The molecule has 3 aromatic carbocycles. The fourth-order valence-electron chi connectivity index (χ4n) is 4.07. The van der Waals surface area contributed by atoms with E-state index in [1.165, 1.54) is 0 Å². The zero-order valence-electron chi connectivity index (χ0n) is 18.2. The van der Waals surface area contributed by atoms with E-state index >= 15 is 0 Å². The number of hydrogen-bond donors (Lipinski definition) is 0. The van der Waals surface area contributed by atoms with Crippen molar-refractivity contribution in [3.63, 3.8) is 0 Å². The van der Waals surface area contributed by atoms with E-state index in [0.29, 0.717) is 35.9 Å². The summed E-state index contributed by atoms with van der Waals surface area (Å²) in [4.78, 5) is 24.9. The number of carbonyl (C=O) groups is 1. The standard InChI is InChI=1S/C27H22ClN3O2/c1-33-22-13-9-20(10-14-22)27(32)31-16-15-24-23(17-31)25(18-5-3-2-4-6-18)30-26(29-24)19-7-11-21(28)12-8-19/h2-14H,15-17H2,1H3. The lowest BCUT2D eigenvalue weighted by molar-refractivity contribution is 0.0733. The molecular formula is C27H22ClN3O2. The highest BCUT2D eigenvalue weighted by Crippen LogP contribution is 2.31. The van der Waals surface area contributed by atoms with Crippen molar-refractivity contribution in [2.45, 2.75) is 13.0 Å². The van der Waals surface area contributed by atoms with Gasteiger partial charge in [-0.05, 0) is 48.5 Å². The molecule has 0 fully saturated rings. The van der Waals surface area contributed by atoms with Crippen LogP contribution in [0.4, 0.5) is 0 Å². The van der Waals surface area contributed by atoms with Gasteiger partial charge in [-0.15, -0.1) is 0 Å². The van der Waals surface area contributed by atoms with Crippen molar-refractivity contribution in [2.75, 3.05) is 13.7 Å². The average Bonchev–Trinajstić information content (AvgIpc) is 2.88. The zero-order valence-corrected chi connectivity index (χ0v) is 18.9. The summed E-state index contributed by atoms with van der Waals surface area (Å²) in [6, 6.07) is 24.8. The molecule has 1 amide bonds. The third-order valence-corrected chi connectivity index (χ3v) is 6.09. The smallest absolute Gasteiger partial charge is 0.254 e. The van der Waals surface area contributed by atoms with Gasteiger partial charge in [-0.1, -0.05) is 41.9 Å². The Bertz CT molecular complexity index is 1290. The first-order valence-corrected chi connectivity index (χ1v) is 11.1. The van der Waals surface area contributed by atoms with Crippen LogP contribution < -0.4 is 4.74 Å². The molecule has 6 heteroatoms. The lowest BCUT2D eigenvalue weighted by Gasteiger charge is -2.30. The van der Waals surface area contributed by atoms with Crippen LogP contribution in [0.5, 0.6) is 5.75 Å². The molecule has 33 heavy (non-hydrogen) atoms. The Morgan fingerprint density at radius 1 is 0.909 bits per heavy atom. The molecular weight excluding hydrogens is 434 g/mol. The summed E-state index contributed by atoms with van der Waals surface area (Å²) in [6.45, 7) is 1.06. The fourth-order valence-corrected chi connectivity index (χ4v) is 4.19. The van der Waals surface area contributed by atoms with Gasteiger partial charge >= 0.3 is 0 Å². The van der Waals surface area contributed by atoms with Crippen LogP contribution in [0.2, 0.25) is 5.02 Å². The molecule has 1 aliphatic rings. The van der Waals surface area contributed by atoms with Crippen molar-refractivity contribution in [1.82, 2.24) is 14.9 Å². The van der Waals surface area contributed by atoms with Gasteiger partial charge in [-0.25, -0.2) is 9.97 Å². The highest BCUT2D eigenvalue weighted by atomic mass is 35.5. The Morgan fingerprint density at radius 3 is 2.33 bits per heavy atom. The Balaban J connectivity index is 1.53. The Hall–Kier alpha value is -3.70. The number of amides is 1. The zero-order chi connectivity index (χ0) is 22.8. The van der Waals surface area contributed by atoms with E-state index in [1.54, 1.807) is 19.2 Å². The van der Waals surface area contributed by atoms with Gasteiger partial charge in [0, 0.05) is 46.8 Å². The molecule has 0 spiro atoms. The van der Waals surface area contributed by atoms with Gasteiger partial charge in [-0.2, -0.15) is 0 Å². The molecule has 4 aromatic rings. The second-order valence-corrected chi connectivity index (χ2v) is 8.34. The van der Waals surface area contributed by atoms with Crippen LogP contribution in [0, 0.1) is 0 Å². The average molecular weight is 456 g/mol. The minimum atomic E-state index is -0.0101. The van der Waals surface area contributed by atoms with E-state index in [2.05, 4.69) is 0 Å². The summed E-state index contributed by atoms with van der Waals surface area (Å²) in [5, 5.41) is 0.674. The molecule has 0 saturated carbocycles. The number of benzene rings is 3. The van der Waals surface area contributed by atoms with Gasteiger partial charge in [0.2, 0.25) is 0 Å². The predicted octanol–water partition coefficient (Wildman–Crippen LogP) is 5.67.